The van der Waals surface area contributed by atoms with Gasteiger partial charge in [0.15, 0.2) is 0 Å². The first-order chi connectivity index (χ1) is 7.47. The lowest BCUT2D eigenvalue weighted by Crippen LogP contribution is -2.49. The summed E-state index contributed by atoms with van der Waals surface area (Å²) in [5.74, 6) is -0.597. The van der Waals surface area contributed by atoms with Crippen LogP contribution in [0.15, 0.2) is 0 Å². The van der Waals surface area contributed by atoms with E-state index in [-0.39, 0.29) is 18.3 Å². The fourth-order valence-electron chi connectivity index (χ4n) is 1.87. The second-order valence-corrected chi connectivity index (χ2v) is 6.10. The lowest BCUT2D eigenvalue weighted by molar-refractivity contribution is -0.118. The van der Waals surface area contributed by atoms with Gasteiger partial charge in [-0.25, -0.2) is 8.42 Å². The van der Waals surface area contributed by atoms with Gasteiger partial charge >= 0.3 is 0 Å². The standard InChI is InChI=1S/C9H19N3O3S/c1-2-16(14,15)12(7-9(10)13)8-3-5-11-6-4-8/h8,11H,2-7H2,1H3,(H2,10,13). The van der Waals surface area contributed by atoms with Crippen molar-refractivity contribution in [1.29, 1.82) is 0 Å². The molecule has 7 heteroatoms. The van der Waals surface area contributed by atoms with Crippen LogP contribution in [0.2, 0.25) is 0 Å². The van der Waals surface area contributed by atoms with Crippen LogP contribution in [-0.4, -0.2) is 50.1 Å². The van der Waals surface area contributed by atoms with Crippen molar-refractivity contribution in [3.8, 4) is 0 Å². The molecule has 6 nitrogen and oxygen atoms in total. The second-order valence-electron chi connectivity index (χ2n) is 3.89. The van der Waals surface area contributed by atoms with Gasteiger partial charge in [-0.05, 0) is 32.9 Å². The molecule has 0 saturated carbocycles. The molecule has 1 aliphatic rings. The van der Waals surface area contributed by atoms with Gasteiger partial charge in [0.05, 0.1) is 12.3 Å². The number of hydrogen-bond donors (Lipinski definition) is 2. The van der Waals surface area contributed by atoms with Crippen molar-refractivity contribution in [1.82, 2.24) is 9.62 Å². The summed E-state index contributed by atoms with van der Waals surface area (Å²) in [5, 5.41) is 3.15. The van der Waals surface area contributed by atoms with E-state index in [9.17, 15) is 13.2 Å². The first kappa shape index (κ1) is 13.4. The minimum absolute atomic E-state index is 0.00418. The van der Waals surface area contributed by atoms with Crippen LogP contribution in [0.4, 0.5) is 0 Å². The molecule has 0 aliphatic carbocycles. The van der Waals surface area contributed by atoms with E-state index in [0.717, 1.165) is 25.9 Å². The number of primary amides is 1. The number of carbonyl (C=O) groups excluding carboxylic acids is 1. The summed E-state index contributed by atoms with van der Waals surface area (Å²) >= 11 is 0. The number of nitrogens with two attached hydrogens (primary N) is 1. The molecule has 0 radical (unpaired) electrons. The molecule has 0 spiro atoms. The minimum atomic E-state index is -3.35. The number of hydrogen-bond acceptors (Lipinski definition) is 4. The predicted octanol–water partition coefficient (Wildman–Crippen LogP) is -1.12. The number of carbonyl (C=O) groups is 1. The highest BCUT2D eigenvalue weighted by Gasteiger charge is 2.30. The minimum Gasteiger partial charge on any atom is -0.369 e. The molecule has 1 aliphatic heterocycles. The molecule has 0 unspecified atom stereocenters. The summed E-state index contributed by atoms with van der Waals surface area (Å²) < 4.78 is 24.9. The van der Waals surface area contributed by atoms with Crippen molar-refractivity contribution in [2.24, 2.45) is 5.73 Å². The van der Waals surface area contributed by atoms with Gasteiger partial charge in [-0.3, -0.25) is 4.79 Å². The second kappa shape index (κ2) is 5.60. The Labute approximate surface area is 96.2 Å². The molecular formula is C9H19N3O3S. The Morgan fingerprint density at radius 2 is 2.00 bits per heavy atom. The van der Waals surface area contributed by atoms with E-state index in [0.29, 0.717) is 0 Å². The average molecular weight is 249 g/mol. The zero-order valence-corrected chi connectivity index (χ0v) is 10.3. The van der Waals surface area contributed by atoms with Gasteiger partial charge in [-0.2, -0.15) is 4.31 Å². The van der Waals surface area contributed by atoms with Crippen molar-refractivity contribution in [2.45, 2.75) is 25.8 Å². The van der Waals surface area contributed by atoms with Crippen molar-refractivity contribution >= 4 is 15.9 Å². The van der Waals surface area contributed by atoms with Crippen LogP contribution in [0.3, 0.4) is 0 Å². The molecule has 0 aromatic rings. The molecule has 1 heterocycles. The molecular weight excluding hydrogens is 230 g/mol. The zero-order valence-electron chi connectivity index (χ0n) is 9.48. The first-order valence-corrected chi connectivity index (χ1v) is 7.07. The van der Waals surface area contributed by atoms with E-state index in [1.54, 1.807) is 6.92 Å². The maximum Gasteiger partial charge on any atom is 0.232 e. The van der Waals surface area contributed by atoms with Crippen LogP contribution in [0.5, 0.6) is 0 Å². The van der Waals surface area contributed by atoms with Crippen molar-refractivity contribution in [3.63, 3.8) is 0 Å². The van der Waals surface area contributed by atoms with Crippen molar-refractivity contribution < 1.29 is 13.2 Å². The molecule has 1 fully saturated rings. The maximum atomic E-state index is 11.8. The molecule has 1 rings (SSSR count). The summed E-state index contributed by atoms with van der Waals surface area (Å²) in [6.45, 7) is 2.92. The molecule has 0 aromatic carbocycles. The van der Waals surface area contributed by atoms with Crippen LogP contribution in [0.1, 0.15) is 19.8 Å². The Bertz CT molecular complexity index is 336. The summed E-state index contributed by atoms with van der Waals surface area (Å²) in [6.07, 6.45) is 1.46. The Morgan fingerprint density at radius 1 is 1.44 bits per heavy atom. The van der Waals surface area contributed by atoms with Crippen LogP contribution in [-0.2, 0) is 14.8 Å². The van der Waals surface area contributed by atoms with Crippen LogP contribution in [0, 0.1) is 0 Å². The Hall–Kier alpha value is -0.660. The average Bonchev–Trinajstić information content (AvgIpc) is 2.27. The lowest BCUT2D eigenvalue weighted by Gasteiger charge is -2.32. The summed E-state index contributed by atoms with van der Waals surface area (Å²) in [7, 11) is -3.35. The van der Waals surface area contributed by atoms with E-state index < -0.39 is 15.9 Å². The molecule has 16 heavy (non-hydrogen) atoms. The van der Waals surface area contributed by atoms with E-state index in [2.05, 4.69) is 5.32 Å². The number of nitrogens with zero attached hydrogens (tertiary/aromatic N) is 1. The van der Waals surface area contributed by atoms with E-state index >= 15 is 0 Å². The SMILES string of the molecule is CCS(=O)(=O)N(CC(N)=O)C1CCNCC1. The third-order valence-electron chi connectivity index (χ3n) is 2.75. The number of nitrogens with one attached hydrogen (secondary N) is 1. The third-order valence-corrected chi connectivity index (χ3v) is 4.62. The smallest absolute Gasteiger partial charge is 0.232 e. The van der Waals surface area contributed by atoms with Gasteiger partial charge in [0.2, 0.25) is 15.9 Å². The topological polar surface area (TPSA) is 92.5 Å². The summed E-state index contributed by atoms with van der Waals surface area (Å²) in [6, 6.07) is -0.0984. The molecule has 0 bridgehead atoms. The fourth-order valence-corrected chi connectivity index (χ4v) is 3.19. The largest absolute Gasteiger partial charge is 0.369 e. The van der Waals surface area contributed by atoms with Gasteiger partial charge in [0.25, 0.3) is 0 Å². The Kier molecular flexibility index (Phi) is 4.69. The normalized spacial score (nSPS) is 18.9. The summed E-state index contributed by atoms with van der Waals surface area (Å²) in [4.78, 5) is 10.9. The van der Waals surface area contributed by atoms with Gasteiger partial charge in [0.1, 0.15) is 0 Å². The van der Waals surface area contributed by atoms with E-state index in [1.165, 1.54) is 4.31 Å². The predicted molar refractivity (Wildman–Crippen MR) is 61.3 cm³/mol. The highest BCUT2D eigenvalue weighted by atomic mass is 32.2. The molecule has 1 amide bonds. The molecule has 94 valence electrons. The maximum absolute atomic E-state index is 11.8. The van der Waals surface area contributed by atoms with Crippen LogP contribution < -0.4 is 11.1 Å². The number of amides is 1. The molecule has 1 saturated heterocycles. The molecule has 3 N–H and O–H groups in total. The number of piperidine rings is 1. The zero-order chi connectivity index (χ0) is 12.2. The quantitative estimate of drug-likeness (QED) is 0.645. The number of rotatable bonds is 5. The molecule has 0 aromatic heterocycles. The monoisotopic (exact) mass is 249 g/mol. The Morgan fingerprint density at radius 3 is 2.44 bits per heavy atom. The van der Waals surface area contributed by atoms with Gasteiger partial charge < -0.3 is 11.1 Å². The van der Waals surface area contributed by atoms with Gasteiger partial charge in [-0.15, -0.1) is 0 Å². The van der Waals surface area contributed by atoms with Crippen molar-refractivity contribution in [3.05, 3.63) is 0 Å². The summed E-state index contributed by atoms with van der Waals surface area (Å²) in [5.41, 5.74) is 5.09. The lowest BCUT2D eigenvalue weighted by atomic mass is 10.1. The highest BCUT2D eigenvalue weighted by Crippen LogP contribution is 2.16. The highest BCUT2D eigenvalue weighted by molar-refractivity contribution is 7.89. The fraction of sp³-hybridized carbons (Fsp3) is 0.889. The van der Waals surface area contributed by atoms with Gasteiger partial charge in [0, 0.05) is 6.04 Å². The Balaban J connectivity index is 2.81. The van der Waals surface area contributed by atoms with Crippen LogP contribution >= 0.6 is 0 Å². The molecule has 0 atom stereocenters. The first-order valence-electron chi connectivity index (χ1n) is 5.46. The number of sulfonamides is 1. The third kappa shape index (κ3) is 3.43. The van der Waals surface area contributed by atoms with Crippen molar-refractivity contribution in [2.75, 3.05) is 25.4 Å². The van der Waals surface area contributed by atoms with Crippen LogP contribution in [0.25, 0.3) is 0 Å². The van der Waals surface area contributed by atoms with E-state index in [1.807, 2.05) is 0 Å². The van der Waals surface area contributed by atoms with E-state index in [4.69, 9.17) is 5.73 Å². The van der Waals surface area contributed by atoms with Gasteiger partial charge in [-0.1, -0.05) is 0 Å².